The van der Waals surface area contributed by atoms with E-state index in [0.717, 1.165) is 26.1 Å². The number of hydrogen-bond acceptors (Lipinski definition) is 5. The van der Waals surface area contributed by atoms with Crippen LogP contribution in [0.4, 0.5) is 0 Å². The maximum absolute atomic E-state index is 12.9. The maximum atomic E-state index is 12.9. The van der Waals surface area contributed by atoms with Crippen LogP contribution in [0.15, 0.2) is 31.0 Å². The van der Waals surface area contributed by atoms with Gasteiger partial charge in [0.1, 0.15) is 5.69 Å². The Labute approximate surface area is 147 Å². The van der Waals surface area contributed by atoms with Crippen LogP contribution in [0.2, 0.25) is 0 Å². The van der Waals surface area contributed by atoms with Crippen molar-refractivity contribution >= 4 is 11.8 Å². The van der Waals surface area contributed by atoms with Gasteiger partial charge in [0, 0.05) is 44.8 Å². The Balaban J connectivity index is 1.71. The molecule has 0 aliphatic carbocycles. The molecule has 0 saturated carbocycles. The van der Waals surface area contributed by atoms with Crippen molar-refractivity contribution in [2.45, 2.75) is 12.5 Å². The standard InChI is InChI=1S/C18H24N4O3/c1-2-7-21-9-10-25-15-12-22(8-5-13(15)11-21)18(24)14-4-3-6-20-16(14)17(19)23/h2-4,6,13,15H,1,5,7-12H2,(H2,19,23). The van der Waals surface area contributed by atoms with E-state index >= 15 is 0 Å². The largest absolute Gasteiger partial charge is 0.375 e. The van der Waals surface area contributed by atoms with Gasteiger partial charge in [-0.3, -0.25) is 19.5 Å². The molecule has 1 aromatic rings. The Morgan fingerprint density at radius 2 is 2.24 bits per heavy atom. The van der Waals surface area contributed by atoms with Crippen LogP contribution in [0.3, 0.4) is 0 Å². The lowest BCUT2D eigenvalue weighted by atomic mass is 9.92. The maximum Gasteiger partial charge on any atom is 0.268 e. The van der Waals surface area contributed by atoms with Gasteiger partial charge in [0.05, 0.1) is 18.3 Å². The number of nitrogens with zero attached hydrogens (tertiary/aromatic N) is 3. The van der Waals surface area contributed by atoms with Crippen LogP contribution < -0.4 is 5.73 Å². The molecule has 0 spiro atoms. The van der Waals surface area contributed by atoms with Crippen molar-refractivity contribution in [2.75, 3.05) is 39.3 Å². The summed E-state index contributed by atoms with van der Waals surface area (Å²) in [5, 5.41) is 0. The third-order valence-electron chi connectivity index (χ3n) is 4.87. The number of amides is 2. The van der Waals surface area contributed by atoms with Gasteiger partial charge in [-0.1, -0.05) is 6.08 Å². The van der Waals surface area contributed by atoms with Gasteiger partial charge in [-0.25, -0.2) is 0 Å². The first-order chi connectivity index (χ1) is 12.1. The summed E-state index contributed by atoms with van der Waals surface area (Å²) < 4.78 is 6.00. The minimum absolute atomic E-state index is 0.0150. The minimum atomic E-state index is -0.690. The average molecular weight is 344 g/mol. The van der Waals surface area contributed by atoms with Crippen molar-refractivity contribution in [3.05, 3.63) is 42.2 Å². The number of primary amides is 1. The monoisotopic (exact) mass is 344 g/mol. The van der Waals surface area contributed by atoms with Gasteiger partial charge in [0.15, 0.2) is 0 Å². The average Bonchev–Trinajstić information content (AvgIpc) is 2.82. The van der Waals surface area contributed by atoms with Gasteiger partial charge >= 0.3 is 0 Å². The molecule has 134 valence electrons. The number of nitrogens with two attached hydrogens (primary N) is 1. The molecule has 2 unspecified atom stereocenters. The number of carbonyl (C=O) groups is 2. The zero-order valence-electron chi connectivity index (χ0n) is 14.3. The quantitative estimate of drug-likeness (QED) is 0.805. The van der Waals surface area contributed by atoms with Gasteiger partial charge in [0.2, 0.25) is 0 Å². The highest BCUT2D eigenvalue weighted by Gasteiger charge is 2.35. The second-order valence-corrected chi connectivity index (χ2v) is 6.52. The van der Waals surface area contributed by atoms with Crippen molar-refractivity contribution in [1.29, 1.82) is 0 Å². The molecule has 1 aromatic heterocycles. The Morgan fingerprint density at radius 1 is 1.40 bits per heavy atom. The van der Waals surface area contributed by atoms with Crippen LogP contribution in [0.25, 0.3) is 0 Å². The molecule has 0 aromatic carbocycles. The molecule has 3 heterocycles. The number of hydrogen-bond donors (Lipinski definition) is 1. The van der Waals surface area contributed by atoms with Crippen LogP contribution in [0.5, 0.6) is 0 Å². The van der Waals surface area contributed by atoms with Gasteiger partial charge in [-0.2, -0.15) is 0 Å². The molecule has 2 aliphatic heterocycles. The number of pyridine rings is 1. The molecular weight excluding hydrogens is 320 g/mol. The van der Waals surface area contributed by atoms with E-state index in [1.165, 1.54) is 6.20 Å². The molecule has 3 rings (SSSR count). The molecule has 7 nitrogen and oxygen atoms in total. The third kappa shape index (κ3) is 3.88. The highest BCUT2D eigenvalue weighted by atomic mass is 16.5. The molecule has 2 N–H and O–H groups in total. The lowest BCUT2D eigenvalue weighted by molar-refractivity contribution is -0.0171. The van der Waals surface area contributed by atoms with E-state index in [2.05, 4.69) is 16.5 Å². The number of fused-ring (bicyclic) bond motifs is 1. The van der Waals surface area contributed by atoms with Gasteiger partial charge in [-0.05, 0) is 18.6 Å². The zero-order valence-corrected chi connectivity index (χ0v) is 14.3. The Bertz CT molecular complexity index is 663. The van der Waals surface area contributed by atoms with E-state index in [1.807, 2.05) is 6.08 Å². The molecule has 7 heteroatoms. The molecule has 2 aliphatic rings. The van der Waals surface area contributed by atoms with Crippen molar-refractivity contribution in [3.63, 3.8) is 0 Å². The molecule has 0 radical (unpaired) electrons. The normalized spacial score (nSPS) is 24.2. The van der Waals surface area contributed by atoms with E-state index in [9.17, 15) is 9.59 Å². The second-order valence-electron chi connectivity index (χ2n) is 6.52. The topological polar surface area (TPSA) is 88.8 Å². The number of ether oxygens (including phenoxy) is 1. The van der Waals surface area contributed by atoms with Gasteiger partial charge < -0.3 is 15.4 Å². The van der Waals surface area contributed by atoms with Crippen molar-refractivity contribution < 1.29 is 14.3 Å². The number of aromatic nitrogens is 1. The fraction of sp³-hybridized carbons (Fsp3) is 0.500. The molecule has 25 heavy (non-hydrogen) atoms. The van der Waals surface area contributed by atoms with E-state index < -0.39 is 5.91 Å². The molecule has 2 fully saturated rings. The fourth-order valence-corrected chi connectivity index (χ4v) is 3.60. The lowest BCUT2D eigenvalue weighted by Crippen LogP contribution is -2.49. The van der Waals surface area contributed by atoms with Gasteiger partial charge in [0.25, 0.3) is 11.8 Å². The van der Waals surface area contributed by atoms with Crippen molar-refractivity contribution in [2.24, 2.45) is 11.7 Å². The predicted octanol–water partition coefficient (Wildman–Crippen LogP) is 0.529. The van der Waals surface area contributed by atoms with Crippen LogP contribution in [-0.2, 0) is 4.74 Å². The molecule has 2 atom stereocenters. The van der Waals surface area contributed by atoms with E-state index in [4.69, 9.17) is 10.5 Å². The first-order valence-corrected chi connectivity index (χ1v) is 8.59. The number of piperidine rings is 1. The van der Waals surface area contributed by atoms with Crippen LogP contribution in [-0.4, -0.2) is 72.0 Å². The second kappa shape index (κ2) is 7.76. The van der Waals surface area contributed by atoms with Gasteiger partial charge in [-0.15, -0.1) is 6.58 Å². The Morgan fingerprint density at radius 3 is 3.00 bits per heavy atom. The Kier molecular flexibility index (Phi) is 5.45. The summed E-state index contributed by atoms with van der Waals surface area (Å²) in [7, 11) is 0. The first-order valence-electron chi connectivity index (χ1n) is 8.59. The molecule has 2 amide bonds. The van der Waals surface area contributed by atoms with E-state index in [1.54, 1.807) is 17.0 Å². The Hall–Kier alpha value is -2.25. The van der Waals surface area contributed by atoms with Crippen LogP contribution >= 0.6 is 0 Å². The number of likely N-dealkylation sites (tertiary alicyclic amines) is 1. The molecular formula is C18H24N4O3. The summed E-state index contributed by atoms with van der Waals surface area (Å²) in [4.78, 5) is 32.4. The zero-order chi connectivity index (χ0) is 17.8. The highest BCUT2D eigenvalue weighted by Crippen LogP contribution is 2.25. The summed E-state index contributed by atoms with van der Waals surface area (Å²) in [6.07, 6.45) is 4.26. The number of carbonyl (C=O) groups excluding carboxylic acids is 2. The molecule has 2 saturated heterocycles. The summed E-state index contributed by atoms with van der Waals surface area (Å²) in [5.74, 6) is -0.503. The smallest absolute Gasteiger partial charge is 0.268 e. The number of rotatable bonds is 4. The predicted molar refractivity (Wildman–Crippen MR) is 93.1 cm³/mol. The van der Waals surface area contributed by atoms with E-state index in [0.29, 0.717) is 25.6 Å². The summed E-state index contributed by atoms with van der Waals surface area (Å²) in [6, 6.07) is 3.24. The first kappa shape index (κ1) is 17.6. The molecule has 0 bridgehead atoms. The van der Waals surface area contributed by atoms with Crippen LogP contribution in [0.1, 0.15) is 27.3 Å². The van der Waals surface area contributed by atoms with Crippen molar-refractivity contribution in [3.8, 4) is 0 Å². The summed E-state index contributed by atoms with van der Waals surface area (Å²) in [5.41, 5.74) is 5.62. The lowest BCUT2D eigenvalue weighted by Gasteiger charge is -2.38. The van der Waals surface area contributed by atoms with Crippen LogP contribution in [0, 0.1) is 5.92 Å². The van der Waals surface area contributed by atoms with Crippen molar-refractivity contribution in [1.82, 2.24) is 14.8 Å². The summed E-state index contributed by atoms with van der Waals surface area (Å²) in [6.45, 7) is 8.30. The SMILES string of the molecule is C=CCN1CCOC2CN(C(=O)c3cccnc3C(N)=O)CCC2C1. The minimum Gasteiger partial charge on any atom is -0.375 e. The fourth-order valence-electron chi connectivity index (χ4n) is 3.60. The van der Waals surface area contributed by atoms with E-state index in [-0.39, 0.29) is 23.3 Å². The highest BCUT2D eigenvalue weighted by molar-refractivity contribution is 6.05. The summed E-state index contributed by atoms with van der Waals surface area (Å²) >= 11 is 0. The third-order valence-corrected chi connectivity index (χ3v) is 4.87.